The summed E-state index contributed by atoms with van der Waals surface area (Å²) in [6, 6.07) is 5.87. The molecule has 4 heteroatoms. The molecule has 0 aliphatic carbocycles. The maximum Gasteiger partial charge on any atom is 0.0548 e. The van der Waals surface area contributed by atoms with Crippen LogP contribution in [0.25, 0.3) is 0 Å². The van der Waals surface area contributed by atoms with Crippen LogP contribution < -0.4 is 5.32 Å². The van der Waals surface area contributed by atoms with Gasteiger partial charge in [-0.15, -0.1) is 0 Å². The first-order valence-corrected chi connectivity index (χ1v) is 6.37. The van der Waals surface area contributed by atoms with E-state index < -0.39 is 0 Å². The van der Waals surface area contributed by atoms with Gasteiger partial charge >= 0.3 is 0 Å². The molecule has 0 unspecified atom stereocenters. The normalized spacial score (nSPS) is 11.8. The number of hydrogen-bond donors (Lipinski definition) is 2. The summed E-state index contributed by atoms with van der Waals surface area (Å²) in [5, 5.41) is 13.1. The van der Waals surface area contributed by atoms with Gasteiger partial charge in [-0.05, 0) is 33.6 Å². The van der Waals surface area contributed by atoms with Crippen LogP contribution in [0.15, 0.2) is 22.7 Å². The smallest absolute Gasteiger partial charge is 0.0548 e. The topological polar surface area (TPSA) is 32.3 Å². The van der Waals surface area contributed by atoms with Crippen molar-refractivity contribution in [2.75, 3.05) is 13.2 Å². The summed E-state index contributed by atoms with van der Waals surface area (Å²) in [6.45, 7) is 5.79. The molecule has 0 aliphatic heterocycles. The monoisotopic (exact) mass is 305 g/mol. The molecule has 90 valence electrons. The fourth-order valence-electron chi connectivity index (χ4n) is 1.25. The van der Waals surface area contributed by atoms with E-state index in [0.717, 1.165) is 22.6 Å². The van der Waals surface area contributed by atoms with Gasteiger partial charge in [-0.25, -0.2) is 0 Å². The molecule has 2 N–H and O–H groups in total. The van der Waals surface area contributed by atoms with Gasteiger partial charge in [0.2, 0.25) is 0 Å². The minimum Gasteiger partial charge on any atom is -0.396 e. The van der Waals surface area contributed by atoms with E-state index in [0.29, 0.717) is 0 Å². The summed E-state index contributed by atoms with van der Waals surface area (Å²) >= 11 is 9.30. The number of nitrogens with one attached hydrogen (secondary N) is 1. The van der Waals surface area contributed by atoms with Crippen LogP contribution in [-0.2, 0) is 6.54 Å². The zero-order chi connectivity index (χ0) is 12.2. The molecule has 0 atom stereocenters. The predicted octanol–water partition coefficient (Wildman–Crippen LogP) is 3.21. The molecule has 1 rings (SSSR count). The van der Waals surface area contributed by atoms with Crippen molar-refractivity contribution in [1.82, 2.24) is 5.32 Å². The third-order valence-electron chi connectivity index (χ3n) is 2.34. The van der Waals surface area contributed by atoms with Crippen molar-refractivity contribution in [3.05, 3.63) is 33.3 Å². The van der Waals surface area contributed by atoms with Gasteiger partial charge in [0.25, 0.3) is 0 Å². The minimum atomic E-state index is -0.0797. The van der Waals surface area contributed by atoms with Crippen LogP contribution >= 0.6 is 27.5 Å². The maximum absolute atomic E-state index is 9.11. The fourth-order valence-corrected chi connectivity index (χ4v) is 1.79. The van der Waals surface area contributed by atoms with Crippen LogP contribution in [0.5, 0.6) is 0 Å². The van der Waals surface area contributed by atoms with Crippen LogP contribution in [0.2, 0.25) is 5.02 Å². The van der Waals surface area contributed by atoms with Gasteiger partial charge in [-0.2, -0.15) is 0 Å². The highest BCUT2D eigenvalue weighted by atomic mass is 79.9. The van der Waals surface area contributed by atoms with Crippen molar-refractivity contribution < 1.29 is 5.11 Å². The lowest BCUT2D eigenvalue weighted by molar-refractivity contribution is 0.156. The average molecular weight is 307 g/mol. The highest BCUT2D eigenvalue weighted by Gasteiger charge is 2.15. The standard InChI is InChI=1S/C12H17BrClNO/c1-12(2,8-16)7-15-6-9-3-4-11(14)10(13)5-9/h3-5,15-16H,6-8H2,1-2H3. The van der Waals surface area contributed by atoms with Crippen LogP contribution in [0.4, 0.5) is 0 Å². The summed E-state index contributed by atoms with van der Waals surface area (Å²) in [5.74, 6) is 0. The van der Waals surface area contributed by atoms with E-state index in [2.05, 4.69) is 21.2 Å². The second-order valence-corrected chi connectivity index (χ2v) is 5.94. The number of aliphatic hydroxyl groups excluding tert-OH is 1. The Labute approximate surface area is 110 Å². The van der Waals surface area contributed by atoms with Gasteiger partial charge in [0.1, 0.15) is 0 Å². The number of halogens is 2. The quantitative estimate of drug-likeness (QED) is 0.875. The third-order valence-corrected chi connectivity index (χ3v) is 3.56. The van der Waals surface area contributed by atoms with Crippen molar-refractivity contribution in [2.45, 2.75) is 20.4 Å². The number of rotatable bonds is 5. The Kier molecular flexibility index (Phi) is 5.25. The Balaban J connectivity index is 2.46. The Morgan fingerprint density at radius 3 is 2.69 bits per heavy atom. The molecule has 0 fully saturated rings. The lowest BCUT2D eigenvalue weighted by atomic mass is 9.95. The first-order valence-electron chi connectivity index (χ1n) is 5.20. The fraction of sp³-hybridized carbons (Fsp3) is 0.500. The Morgan fingerprint density at radius 2 is 2.12 bits per heavy atom. The van der Waals surface area contributed by atoms with Gasteiger partial charge in [0.05, 0.1) is 5.02 Å². The van der Waals surface area contributed by atoms with Crippen molar-refractivity contribution in [1.29, 1.82) is 0 Å². The average Bonchev–Trinajstić information content (AvgIpc) is 2.23. The Hall–Kier alpha value is -0.0900. The largest absolute Gasteiger partial charge is 0.396 e. The molecular formula is C12H17BrClNO. The Morgan fingerprint density at radius 1 is 1.44 bits per heavy atom. The van der Waals surface area contributed by atoms with Crippen molar-refractivity contribution >= 4 is 27.5 Å². The van der Waals surface area contributed by atoms with Gasteiger partial charge in [-0.1, -0.05) is 31.5 Å². The maximum atomic E-state index is 9.11. The molecule has 0 aliphatic rings. The molecule has 1 aromatic rings. The zero-order valence-electron chi connectivity index (χ0n) is 9.56. The second kappa shape index (κ2) is 6.01. The first kappa shape index (κ1) is 14.0. The summed E-state index contributed by atoms with van der Waals surface area (Å²) < 4.78 is 0.912. The van der Waals surface area contributed by atoms with E-state index in [9.17, 15) is 0 Å². The van der Waals surface area contributed by atoms with Gasteiger partial charge in [0.15, 0.2) is 0 Å². The van der Waals surface area contributed by atoms with Crippen molar-refractivity contribution in [2.24, 2.45) is 5.41 Å². The van der Waals surface area contributed by atoms with E-state index >= 15 is 0 Å². The van der Waals surface area contributed by atoms with Crippen molar-refractivity contribution in [3.63, 3.8) is 0 Å². The summed E-state index contributed by atoms with van der Waals surface area (Å²) in [4.78, 5) is 0. The van der Waals surface area contributed by atoms with E-state index in [4.69, 9.17) is 16.7 Å². The van der Waals surface area contributed by atoms with Gasteiger partial charge in [-0.3, -0.25) is 0 Å². The lowest BCUT2D eigenvalue weighted by Crippen LogP contribution is -2.31. The number of aliphatic hydroxyl groups is 1. The molecule has 0 amide bonds. The molecule has 0 spiro atoms. The van der Waals surface area contributed by atoms with Crippen LogP contribution in [0.3, 0.4) is 0 Å². The van der Waals surface area contributed by atoms with Gasteiger partial charge < -0.3 is 10.4 Å². The third kappa shape index (κ3) is 4.42. The molecule has 0 bridgehead atoms. The molecule has 0 radical (unpaired) electrons. The zero-order valence-corrected chi connectivity index (χ0v) is 11.9. The van der Waals surface area contributed by atoms with E-state index in [1.54, 1.807) is 0 Å². The molecule has 0 heterocycles. The molecular weight excluding hydrogens is 289 g/mol. The summed E-state index contributed by atoms with van der Waals surface area (Å²) in [5.41, 5.74) is 1.09. The van der Waals surface area contributed by atoms with Crippen LogP contribution in [0.1, 0.15) is 19.4 Å². The minimum absolute atomic E-state index is 0.0797. The SMILES string of the molecule is CC(C)(CO)CNCc1ccc(Cl)c(Br)c1. The highest BCUT2D eigenvalue weighted by molar-refractivity contribution is 9.10. The molecule has 2 nitrogen and oxygen atoms in total. The molecule has 1 aromatic carbocycles. The number of benzene rings is 1. The van der Waals surface area contributed by atoms with Crippen LogP contribution in [0, 0.1) is 5.41 Å². The van der Waals surface area contributed by atoms with E-state index in [-0.39, 0.29) is 12.0 Å². The lowest BCUT2D eigenvalue weighted by Gasteiger charge is -2.22. The number of hydrogen-bond acceptors (Lipinski definition) is 2. The molecule has 16 heavy (non-hydrogen) atoms. The van der Waals surface area contributed by atoms with Crippen LogP contribution in [-0.4, -0.2) is 18.3 Å². The van der Waals surface area contributed by atoms with E-state index in [1.807, 2.05) is 32.0 Å². The second-order valence-electron chi connectivity index (χ2n) is 4.67. The predicted molar refractivity (Wildman–Crippen MR) is 71.7 cm³/mol. The summed E-state index contributed by atoms with van der Waals surface area (Å²) in [6.07, 6.45) is 0. The van der Waals surface area contributed by atoms with E-state index in [1.165, 1.54) is 5.56 Å². The Bertz CT molecular complexity index is 355. The molecule has 0 saturated carbocycles. The van der Waals surface area contributed by atoms with Crippen molar-refractivity contribution in [3.8, 4) is 0 Å². The molecule has 0 saturated heterocycles. The summed E-state index contributed by atoms with van der Waals surface area (Å²) in [7, 11) is 0. The van der Waals surface area contributed by atoms with Gasteiger partial charge in [0, 0.05) is 29.6 Å². The highest BCUT2D eigenvalue weighted by Crippen LogP contribution is 2.23. The molecule has 0 aromatic heterocycles. The first-order chi connectivity index (χ1) is 7.44.